The van der Waals surface area contributed by atoms with Gasteiger partial charge in [0.1, 0.15) is 11.6 Å². The van der Waals surface area contributed by atoms with Crippen LogP contribution < -0.4 is 4.74 Å². The van der Waals surface area contributed by atoms with Gasteiger partial charge in [0, 0.05) is 0 Å². The highest BCUT2D eigenvalue weighted by atomic mass is 19.1. The number of benzene rings is 1. The van der Waals surface area contributed by atoms with E-state index in [1.54, 1.807) is 0 Å². The highest BCUT2D eigenvalue weighted by Crippen LogP contribution is 2.42. The lowest BCUT2D eigenvalue weighted by atomic mass is 9.68. The van der Waals surface area contributed by atoms with Gasteiger partial charge in [-0.3, -0.25) is 4.79 Å². The smallest absolute Gasteiger partial charge is 0.314 e. The number of carbonyl (C=O) groups excluding carboxylic acids is 1. The van der Waals surface area contributed by atoms with Gasteiger partial charge in [0.05, 0.1) is 5.92 Å². The lowest BCUT2D eigenvalue weighted by Crippen LogP contribution is -2.30. The molecular formula is C24H33FO2. The van der Waals surface area contributed by atoms with E-state index in [1.807, 2.05) is 6.08 Å². The highest BCUT2D eigenvalue weighted by molar-refractivity contribution is 5.75. The van der Waals surface area contributed by atoms with E-state index in [2.05, 4.69) is 6.58 Å². The standard InChI is InChI=1S/C24H33FO2/c1-2-3-4-5-18-6-8-19(9-7-18)20-10-12-21(13-11-20)24(26)27-23-16-14-22(25)15-17-23/h2,14-21H,1,3-13H2. The van der Waals surface area contributed by atoms with Crippen LogP contribution in [0.1, 0.15) is 70.6 Å². The topological polar surface area (TPSA) is 26.3 Å². The molecule has 148 valence electrons. The molecule has 0 N–H and O–H groups in total. The van der Waals surface area contributed by atoms with E-state index < -0.39 is 0 Å². The lowest BCUT2D eigenvalue weighted by Gasteiger charge is -2.37. The quantitative estimate of drug-likeness (QED) is 0.230. The van der Waals surface area contributed by atoms with E-state index in [0.717, 1.165) is 49.9 Å². The van der Waals surface area contributed by atoms with Gasteiger partial charge >= 0.3 is 5.97 Å². The number of rotatable bonds is 7. The van der Waals surface area contributed by atoms with Gasteiger partial charge < -0.3 is 4.74 Å². The number of hydrogen-bond donors (Lipinski definition) is 0. The van der Waals surface area contributed by atoms with Gasteiger partial charge in [-0.2, -0.15) is 0 Å². The molecule has 0 aromatic heterocycles. The molecule has 2 fully saturated rings. The summed E-state index contributed by atoms with van der Waals surface area (Å²) in [4.78, 5) is 12.4. The molecule has 0 aliphatic heterocycles. The number of carbonyl (C=O) groups is 1. The van der Waals surface area contributed by atoms with Crippen molar-refractivity contribution in [2.24, 2.45) is 23.7 Å². The predicted octanol–water partition coefficient (Wildman–Crippen LogP) is 6.70. The van der Waals surface area contributed by atoms with Crippen molar-refractivity contribution in [2.75, 3.05) is 0 Å². The van der Waals surface area contributed by atoms with Crippen molar-refractivity contribution >= 4 is 5.97 Å². The fraction of sp³-hybridized carbons (Fsp3) is 0.625. The fourth-order valence-corrected chi connectivity index (χ4v) is 5.03. The minimum Gasteiger partial charge on any atom is -0.426 e. The summed E-state index contributed by atoms with van der Waals surface area (Å²) < 4.78 is 18.4. The Hall–Kier alpha value is -1.64. The van der Waals surface area contributed by atoms with Crippen LogP contribution in [0.25, 0.3) is 0 Å². The van der Waals surface area contributed by atoms with Crippen LogP contribution in [0.5, 0.6) is 5.75 Å². The van der Waals surface area contributed by atoms with Crippen molar-refractivity contribution in [3.8, 4) is 5.75 Å². The normalized spacial score (nSPS) is 28.5. The molecule has 0 amide bonds. The van der Waals surface area contributed by atoms with Crippen LogP contribution in [0, 0.1) is 29.5 Å². The van der Waals surface area contributed by atoms with Crippen LogP contribution >= 0.6 is 0 Å². The van der Waals surface area contributed by atoms with Gasteiger partial charge in [-0.05, 0) is 93.4 Å². The molecule has 0 radical (unpaired) electrons. The Morgan fingerprint density at radius 2 is 1.59 bits per heavy atom. The number of halogens is 1. The average molecular weight is 373 g/mol. The summed E-state index contributed by atoms with van der Waals surface area (Å²) in [5.41, 5.74) is 0. The fourth-order valence-electron chi connectivity index (χ4n) is 5.03. The largest absolute Gasteiger partial charge is 0.426 e. The van der Waals surface area contributed by atoms with Crippen LogP contribution in [0.15, 0.2) is 36.9 Å². The van der Waals surface area contributed by atoms with Crippen molar-refractivity contribution in [3.63, 3.8) is 0 Å². The highest BCUT2D eigenvalue weighted by Gasteiger charge is 2.33. The number of ether oxygens (including phenoxy) is 1. The maximum absolute atomic E-state index is 13.0. The molecule has 27 heavy (non-hydrogen) atoms. The van der Waals surface area contributed by atoms with Crippen LogP contribution in [0.4, 0.5) is 4.39 Å². The van der Waals surface area contributed by atoms with Gasteiger partial charge in [0.2, 0.25) is 0 Å². The molecule has 0 unspecified atom stereocenters. The van der Waals surface area contributed by atoms with Crippen molar-refractivity contribution in [3.05, 3.63) is 42.7 Å². The van der Waals surface area contributed by atoms with Crippen LogP contribution in [-0.2, 0) is 4.79 Å². The Morgan fingerprint density at radius 3 is 2.19 bits per heavy atom. The molecule has 0 atom stereocenters. The van der Waals surface area contributed by atoms with Crippen LogP contribution in [-0.4, -0.2) is 5.97 Å². The van der Waals surface area contributed by atoms with E-state index in [4.69, 9.17) is 4.74 Å². The summed E-state index contributed by atoms with van der Waals surface area (Å²) in [7, 11) is 0. The molecule has 0 saturated heterocycles. The maximum atomic E-state index is 13.0. The molecule has 0 spiro atoms. The summed E-state index contributed by atoms with van der Waals surface area (Å²) in [6.45, 7) is 3.81. The summed E-state index contributed by atoms with van der Waals surface area (Å²) >= 11 is 0. The summed E-state index contributed by atoms with van der Waals surface area (Å²) in [5.74, 6) is 2.54. The zero-order chi connectivity index (χ0) is 19.1. The third-order valence-corrected chi connectivity index (χ3v) is 6.72. The summed E-state index contributed by atoms with van der Waals surface area (Å²) in [6, 6.07) is 5.69. The molecule has 3 rings (SSSR count). The Bertz CT molecular complexity index is 593. The summed E-state index contributed by atoms with van der Waals surface area (Å²) in [5, 5.41) is 0. The molecule has 2 aliphatic rings. The van der Waals surface area contributed by atoms with E-state index in [0.29, 0.717) is 5.75 Å². The van der Waals surface area contributed by atoms with Crippen molar-refractivity contribution in [1.82, 2.24) is 0 Å². The van der Waals surface area contributed by atoms with Crippen molar-refractivity contribution < 1.29 is 13.9 Å². The molecule has 2 saturated carbocycles. The van der Waals surface area contributed by atoms with Gasteiger partial charge in [-0.1, -0.05) is 25.3 Å². The monoisotopic (exact) mass is 372 g/mol. The first-order valence-electron chi connectivity index (χ1n) is 10.7. The molecule has 2 aliphatic carbocycles. The number of hydrogen-bond acceptors (Lipinski definition) is 2. The summed E-state index contributed by atoms with van der Waals surface area (Å²) in [6.07, 6.45) is 15.5. The minimum atomic E-state index is -0.314. The van der Waals surface area contributed by atoms with E-state index in [1.165, 1.54) is 62.8 Å². The van der Waals surface area contributed by atoms with Gasteiger partial charge in [-0.25, -0.2) is 4.39 Å². The Morgan fingerprint density at radius 1 is 1.00 bits per heavy atom. The molecule has 3 heteroatoms. The second kappa shape index (κ2) is 10.1. The average Bonchev–Trinajstić information content (AvgIpc) is 2.70. The Kier molecular flexibility index (Phi) is 7.49. The lowest BCUT2D eigenvalue weighted by molar-refractivity contribution is -0.140. The second-order valence-electron chi connectivity index (χ2n) is 8.49. The number of unbranched alkanes of at least 4 members (excludes halogenated alkanes) is 1. The third kappa shape index (κ3) is 5.92. The molecule has 0 heterocycles. The Labute approximate surface area is 163 Å². The zero-order valence-corrected chi connectivity index (χ0v) is 16.4. The van der Waals surface area contributed by atoms with Crippen molar-refractivity contribution in [1.29, 1.82) is 0 Å². The zero-order valence-electron chi connectivity index (χ0n) is 16.4. The van der Waals surface area contributed by atoms with E-state index in [-0.39, 0.29) is 17.7 Å². The van der Waals surface area contributed by atoms with Gasteiger partial charge in [-0.15, -0.1) is 6.58 Å². The molecule has 1 aromatic rings. The van der Waals surface area contributed by atoms with Crippen molar-refractivity contribution in [2.45, 2.75) is 70.6 Å². The van der Waals surface area contributed by atoms with E-state index >= 15 is 0 Å². The molecule has 0 bridgehead atoms. The third-order valence-electron chi connectivity index (χ3n) is 6.72. The van der Waals surface area contributed by atoms with Gasteiger partial charge in [0.25, 0.3) is 0 Å². The Balaban J connectivity index is 1.38. The first-order chi connectivity index (χ1) is 13.2. The maximum Gasteiger partial charge on any atom is 0.314 e. The van der Waals surface area contributed by atoms with Gasteiger partial charge in [0.15, 0.2) is 0 Å². The molecular weight excluding hydrogens is 339 g/mol. The van der Waals surface area contributed by atoms with E-state index in [9.17, 15) is 9.18 Å². The number of allylic oxidation sites excluding steroid dienone is 1. The second-order valence-corrected chi connectivity index (χ2v) is 8.49. The first kappa shape index (κ1) is 20.1. The number of esters is 1. The van der Waals surface area contributed by atoms with Crippen LogP contribution in [0.3, 0.4) is 0 Å². The first-order valence-corrected chi connectivity index (χ1v) is 10.7. The SMILES string of the molecule is C=CCCCC1CCC(C2CCC(C(=O)Oc3ccc(F)cc3)CC2)CC1. The van der Waals surface area contributed by atoms with Crippen LogP contribution in [0.2, 0.25) is 0 Å². The molecule has 1 aromatic carbocycles. The predicted molar refractivity (Wildman–Crippen MR) is 107 cm³/mol. The minimum absolute atomic E-state index is 0.00143. The molecule has 2 nitrogen and oxygen atoms in total.